The lowest BCUT2D eigenvalue weighted by molar-refractivity contribution is -0.129. The molecule has 1 atom stereocenters. The lowest BCUT2D eigenvalue weighted by Crippen LogP contribution is -2.50. The van der Waals surface area contributed by atoms with Crippen LogP contribution in [0.25, 0.3) is 0 Å². The maximum absolute atomic E-state index is 13.0. The molecule has 2 aromatic rings. The highest BCUT2D eigenvalue weighted by atomic mass is 32.2. The van der Waals surface area contributed by atoms with Gasteiger partial charge in [-0.3, -0.25) is 9.78 Å². The third-order valence-electron chi connectivity index (χ3n) is 6.57. The molecule has 1 spiro atoms. The molecule has 37 heavy (non-hydrogen) atoms. The van der Waals surface area contributed by atoms with Gasteiger partial charge < -0.3 is 19.7 Å². The molecule has 2 aliphatic heterocycles. The van der Waals surface area contributed by atoms with Crippen LogP contribution in [0, 0.1) is 0 Å². The zero-order valence-corrected chi connectivity index (χ0v) is 23.6. The SMILES string of the molecule is CCS(=O)(=O)c1ccc(CNC(=O)c2cc3c(s2)C2(CCN(C(=O)OC(C)(C)C)CC2)O[C@@H](C)C3)nc1. The number of fused-ring (bicyclic) bond motifs is 2. The Morgan fingerprint density at radius 2 is 1.97 bits per heavy atom. The van der Waals surface area contributed by atoms with E-state index in [2.05, 4.69) is 10.3 Å². The Morgan fingerprint density at radius 1 is 1.27 bits per heavy atom. The molecule has 2 amide bonds. The summed E-state index contributed by atoms with van der Waals surface area (Å²) in [4.78, 5) is 33.3. The molecule has 0 unspecified atom stereocenters. The van der Waals surface area contributed by atoms with Gasteiger partial charge in [-0.15, -0.1) is 11.3 Å². The van der Waals surface area contributed by atoms with E-state index in [1.165, 1.54) is 23.6 Å². The third kappa shape index (κ3) is 6.15. The summed E-state index contributed by atoms with van der Waals surface area (Å²) >= 11 is 1.44. The summed E-state index contributed by atoms with van der Waals surface area (Å²) < 4.78 is 36.0. The summed E-state index contributed by atoms with van der Waals surface area (Å²) in [5.74, 6) is -0.197. The quantitative estimate of drug-likeness (QED) is 0.598. The molecule has 2 aromatic heterocycles. The molecule has 4 heterocycles. The smallest absolute Gasteiger partial charge is 0.410 e. The van der Waals surface area contributed by atoms with Crippen LogP contribution in [-0.4, -0.2) is 60.8 Å². The molecule has 1 N–H and O–H groups in total. The Labute approximate surface area is 222 Å². The van der Waals surface area contributed by atoms with Gasteiger partial charge in [-0.1, -0.05) is 6.92 Å². The van der Waals surface area contributed by atoms with Gasteiger partial charge in [-0.25, -0.2) is 13.2 Å². The number of nitrogens with one attached hydrogen (secondary N) is 1. The number of pyridine rings is 1. The van der Waals surface area contributed by atoms with E-state index in [0.717, 1.165) is 16.9 Å². The van der Waals surface area contributed by atoms with Crippen molar-refractivity contribution in [3.8, 4) is 0 Å². The number of aromatic nitrogens is 1. The standard InChI is InChI=1S/C26H35N3O6S2/c1-6-37(32,33)20-8-7-19(27-16-20)15-28-23(30)21-14-18-13-17(2)34-26(22(18)36-21)9-11-29(12-10-26)24(31)35-25(3,4)5/h7-8,14,16-17H,6,9-13,15H2,1-5H3,(H,28,30)/t17-/m0/s1. The summed E-state index contributed by atoms with van der Waals surface area (Å²) in [6.45, 7) is 10.4. The number of hydrogen-bond donors (Lipinski definition) is 1. The van der Waals surface area contributed by atoms with E-state index in [-0.39, 0.29) is 35.3 Å². The fourth-order valence-corrected chi connectivity index (χ4v) is 6.83. The number of likely N-dealkylation sites (tertiary alicyclic amines) is 1. The number of piperidine rings is 1. The predicted octanol–water partition coefficient (Wildman–Crippen LogP) is 4.05. The Morgan fingerprint density at radius 3 is 2.57 bits per heavy atom. The van der Waals surface area contributed by atoms with Gasteiger partial charge in [0.15, 0.2) is 9.84 Å². The molecular formula is C26H35N3O6S2. The van der Waals surface area contributed by atoms with E-state index < -0.39 is 21.0 Å². The summed E-state index contributed by atoms with van der Waals surface area (Å²) in [6.07, 6.45) is 3.03. The van der Waals surface area contributed by atoms with Crippen LogP contribution in [0.15, 0.2) is 29.3 Å². The first-order valence-electron chi connectivity index (χ1n) is 12.6. The average molecular weight is 550 g/mol. The summed E-state index contributed by atoms with van der Waals surface area (Å²) in [6, 6.07) is 5.08. The van der Waals surface area contributed by atoms with Gasteiger partial charge in [0.1, 0.15) is 11.2 Å². The van der Waals surface area contributed by atoms with Gasteiger partial charge in [0.2, 0.25) is 0 Å². The van der Waals surface area contributed by atoms with Gasteiger partial charge in [-0.05, 0) is 70.7 Å². The molecule has 202 valence electrons. The summed E-state index contributed by atoms with van der Waals surface area (Å²) in [5, 5.41) is 2.89. The van der Waals surface area contributed by atoms with Gasteiger partial charge in [0, 0.05) is 24.2 Å². The number of thiophene rings is 1. The number of nitrogens with zero attached hydrogens (tertiary/aromatic N) is 2. The van der Waals surface area contributed by atoms with E-state index in [4.69, 9.17) is 9.47 Å². The maximum Gasteiger partial charge on any atom is 0.410 e. The molecule has 1 fully saturated rings. The fraction of sp³-hybridized carbons (Fsp3) is 0.577. The van der Waals surface area contributed by atoms with Crippen LogP contribution >= 0.6 is 11.3 Å². The van der Waals surface area contributed by atoms with Crippen LogP contribution in [0.4, 0.5) is 4.79 Å². The minimum absolute atomic E-state index is 0.00759. The van der Waals surface area contributed by atoms with E-state index in [1.807, 2.05) is 33.8 Å². The van der Waals surface area contributed by atoms with Crippen molar-refractivity contribution in [1.82, 2.24) is 15.2 Å². The second-order valence-corrected chi connectivity index (χ2v) is 14.0. The van der Waals surface area contributed by atoms with Crippen molar-refractivity contribution in [2.75, 3.05) is 18.8 Å². The van der Waals surface area contributed by atoms with Crippen LogP contribution in [0.5, 0.6) is 0 Å². The second-order valence-electron chi connectivity index (χ2n) is 10.6. The monoisotopic (exact) mass is 549 g/mol. The van der Waals surface area contributed by atoms with Crippen molar-refractivity contribution in [3.05, 3.63) is 45.4 Å². The fourth-order valence-electron chi connectivity index (χ4n) is 4.71. The lowest BCUT2D eigenvalue weighted by atomic mass is 9.84. The van der Waals surface area contributed by atoms with Gasteiger partial charge in [0.05, 0.1) is 33.9 Å². The molecule has 0 bridgehead atoms. The van der Waals surface area contributed by atoms with Crippen molar-refractivity contribution >= 4 is 33.2 Å². The molecular weight excluding hydrogens is 514 g/mol. The van der Waals surface area contributed by atoms with Crippen molar-refractivity contribution in [2.45, 2.75) is 82.6 Å². The van der Waals surface area contributed by atoms with Crippen LogP contribution < -0.4 is 5.32 Å². The molecule has 0 aliphatic carbocycles. The normalized spacial score (nSPS) is 19.4. The minimum Gasteiger partial charge on any atom is -0.444 e. The number of hydrogen-bond acceptors (Lipinski definition) is 8. The molecule has 9 nitrogen and oxygen atoms in total. The Bertz CT molecular complexity index is 1260. The molecule has 11 heteroatoms. The van der Waals surface area contributed by atoms with Crippen molar-refractivity contribution in [1.29, 1.82) is 0 Å². The number of rotatable bonds is 5. The minimum atomic E-state index is -3.31. The first-order chi connectivity index (χ1) is 17.3. The number of carbonyl (C=O) groups is 2. The topological polar surface area (TPSA) is 115 Å². The highest BCUT2D eigenvalue weighted by Gasteiger charge is 2.45. The Hall–Kier alpha value is -2.50. The highest BCUT2D eigenvalue weighted by molar-refractivity contribution is 7.91. The lowest BCUT2D eigenvalue weighted by Gasteiger charge is -2.45. The number of carbonyl (C=O) groups excluding carboxylic acids is 2. The first kappa shape index (κ1) is 27.5. The first-order valence-corrected chi connectivity index (χ1v) is 15.0. The van der Waals surface area contributed by atoms with Crippen LogP contribution in [0.2, 0.25) is 0 Å². The molecule has 4 rings (SSSR count). The third-order valence-corrected chi connectivity index (χ3v) is 9.65. The van der Waals surface area contributed by atoms with Crippen LogP contribution in [0.1, 0.15) is 73.3 Å². The van der Waals surface area contributed by atoms with Crippen LogP contribution in [0.3, 0.4) is 0 Å². The zero-order valence-electron chi connectivity index (χ0n) is 22.0. The van der Waals surface area contributed by atoms with Crippen molar-refractivity contribution in [3.63, 3.8) is 0 Å². The zero-order chi connectivity index (χ0) is 27.0. The van der Waals surface area contributed by atoms with E-state index >= 15 is 0 Å². The van der Waals surface area contributed by atoms with Gasteiger partial charge in [0.25, 0.3) is 5.91 Å². The van der Waals surface area contributed by atoms with Crippen molar-refractivity contribution in [2.24, 2.45) is 0 Å². The molecule has 0 radical (unpaired) electrons. The van der Waals surface area contributed by atoms with E-state index in [0.29, 0.717) is 36.5 Å². The largest absolute Gasteiger partial charge is 0.444 e. The molecule has 0 saturated carbocycles. The number of amides is 2. The Balaban J connectivity index is 1.44. The van der Waals surface area contributed by atoms with E-state index in [1.54, 1.807) is 17.9 Å². The average Bonchev–Trinajstić information content (AvgIpc) is 3.27. The second kappa shape index (κ2) is 10.3. The molecule has 0 aromatic carbocycles. The maximum atomic E-state index is 13.0. The number of ether oxygens (including phenoxy) is 2. The predicted molar refractivity (Wildman–Crippen MR) is 140 cm³/mol. The summed E-state index contributed by atoms with van der Waals surface area (Å²) in [5.41, 5.74) is 0.631. The van der Waals surface area contributed by atoms with Crippen molar-refractivity contribution < 1.29 is 27.5 Å². The van der Waals surface area contributed by atoms with Gasteiger partial charge in [-0.2, -0.15) is 0 Å². The Kier molecular flexibility index (Phi) is 7.69. The summed E-state index contributed by atoms with van der Waals surface area (Å²) in [7, 11) is -3.31. The number of sulfone groups is 1. The highest BCUT2D eigenvalue weighted by Crippen LogP contribution is 2.47. The molecule has 2 aliphatic rings. The van der Waals surface area contributed by atoms with E-state index in [9.17, 15) is 18.0 Å². The van der Waals surface area contributed by atoms with Gasteiger partial charge >= 0.3 is 6.09 Å². The molecule has 1 saturated heterocycles. The van der Waals surface area contributed by atoms with Crippen LogP contribution in [-0.2, 0) is 37.9 Å².